The number of hydrogen-bond acceptors (Lipinski definition) is 3. The van der Waals surface area contributed by atoms with Crippen LogP contribution in [0.2, 0.25) is 0 Å². The van der Waals surface area contributed by atoms with E-state index in [0.717, 1.165) is 32.2 Å². The lowest BCUT2D eigenvalue weighted by molar-refractivity contribution is -0.885. The van der Waals surface area contributed by atoms with E-state index in [1.165, 1.54) is 12.1 Å². The maximum absolute atomic E-state index is 13.3. The van der Waals surface area contributed by atoms with Crippen molar-refractivity contribution in [3.8, 4) is 5.75 Å². The Balaban J connectivity index is 1.69. The highest BCUT2D eigenvalue weighted by Gasteiger charge is 2.20. The smallest absolute Gasteiger partial charge is 0.275 e. The lowest BCUT2D eigenvalue weighted by atomic mass is 10.1. The first-order valence-corrected chi connectivity index (χ1v) is 10.4. The summed E-state index contributed by atoms with van der Waals surface area (Å²) < 4.78 is 18.8. The van der Waals surface area contributed by atoms with Crippen molar-refractivity contribution in [2.45, 2.75) is 19.5 Å². The fourth-order valence-electron chi connectivity index (χ4n) is 3.35. The van der Waals surface area contributed by atoms with Crippen molar-refractivity contribution < 1.29 is 18.8 Å². The normalized spacial score (nSPS) is 13.0. The van der Waals surface area contributed by atoms with Crippen molar-refractivity contribution in [3.63, 3.8) is 0 Å². The van der Waals surface area contributed by atoms with Crippen molar-refractivity contribution >= 4 is 17.2 Å². The number of halogens is 1. The lowest BCUT2D eigenvalue weighted by Crippen LogP contribution is -3.08. The molecular formula is C23H26FN2O2S+. The van der Waals surface area contributed by atoms with Crippen LogP contribution >= 0.6 is 11.3 Å². The number of quaternary nitrogens is 1. The minimum absolute atomic E-state index is 0.0585. The maximum atomic E-state index is 13.3. The van der Waals surface area contributed by atoms with E-state index in [1.807, 2.05) is 43.6 Å². The first-order valence-electron chi connectivity index (χ1n) is 9.49. The van der Waals surface area contributed by atoms with Gasteiger partial charge in [-0.15, -0.1) is 11.3 Å². The van der Waals surface area contributed by atoms with E-state index < -0.39 is 0 Å². The van der Waals surface area contributed by atoms with Gasteiger partial charge in [0.05, 0.1) is 20.2 Å². The summed E-state index contributed by atoms with van der Waals surface area (Å²) >= 11 is 1.57. The van der Waals surface area contributed by atoms with Crippen LogP contribution in [0, 0.1) is 12.7 Å². The number of rotatable bonds is 8. The molecule has 0 bridgehead atoms. The van der Waals surface area contributed by atoms with Crippen LogP contribution in [-0.4, -0.2) is 26.6 Å². The second-order valence-electron chi connectivity index (χ2n) is 7.19. The second-order valence-corrected chi connectivity index (χ2v) is 8.17. The van der Waals surface area contributed by atoms with Crippen LogP contribution < -0.4 is 15.0 Å². The Morgan fingerprint density at radius 2 is 1.97 bits per heavy atom. The van der Waals surface area contributed by atoms with Crippen LogP contribution in [0.4, 0.5) is 4.39 Å². The molecule has 2 N–H and O–H groups in total. The number of amides is 1. The van der Waals surface area contributed by atoms with Gasteiger partial charge in [0, 0.05) is 10.4 Å². The largest absolute Gasteiger partial charge is 0.496 e. The second kappa shape index (κ2) is 9.67. The van der Waals surface area contributed by atoms with Gasteiger partial charge < -0.3 is 15.0 Å². The number of methoxy groups -OCH3 is 1. The van der Waals surface area contributed by atoms with Gasteiger partial charge >= 0.3 is 0 Å². The van der Waals surface area contributed by atoms with Gasteiger partial charge in [0.1, 0.15) is 18.1 Å². The summed E-state index contributed by atoms with van der Waals surface area (Å²) in [5.74, 6) is 0.483. The quantitative estimate of drug-likeness (QED) is 0.596. The number of likely N-dealkylation sites (N-methyl/N-ethyl adjacent to an activating group) is 1. The van der Waals surface area contributed by atoms with Crippen molar-refractivity contribution in [3.05, 3.63) is 87.4 Å². The Hall–Kier alpha value is -2.70. The monoisotopic (exact) mass is 413 g/mol. The van der Waals surface area contributed by atoms with Crippen LogP contribution in [0.5, 0.6) is 5.75 Å². The zero-order chi connectivity index (χ0) is 20.8. The molecule has 3 rings (SSSR count). The van der Waals surface area contributed by atoms with Gasteiger partial charge in [0.2, 0.25) is 0 Å². The molecule has 1 aromatic heterocycles. The van der Waals surface area contributed by atoms with Crippen molar-refractivity contribution in [1.82, 2.24) is 5.32 Å². The number of hydrogen-bond donors (Lipinski definition) is 2. The van der Waals surface area contributed by atoms with E-state index in [-0.39, 0.29) is 17.8 Å². The molecular weight excluding hydrogens is 387 g/mol. The third-order valence-corrected chi connectivity index (χ3v) is 5.66. The zero-order valence-corrected chi connectivity index (χ0v) is 17.7. The minimum Gasteiger partial charge on any atom is -0.496 e. The van der Waals surface area contributed by atoms with Gasteiger partial charge in [-0.1, -0.05) is 29.8 Å². The molecule has 2 atom stereocenters. The molecule has 152 valence electrons. The molecule has 29 heavy (non-hydrogen) atoms. The van der Waals surface area contributed by atoms with E-state index in [9.17, 15) is 9.18 Å². The molecule has 0 radical (unpaired) electrons. The molecule has 1 unspecified atom stereocenters. The summed E-state index contributed by atoms with van der Waals surface area (Å²) in [6.45, 7) is 3.04. The Bertz CT molecular complexity index is 942. The average Bonchev–Trinajstić information content (AvgIpc) is 3.21. The third kappa shape index (κ3) is 5.65. The Kier molecular flexibility index (Phi) is 7.01. The Morgan fingerprint density at radius 3 is 2.62 bits per heavy atom. The van der Waals surface area contributed by atoms with E-state index in [1.54, 1.807) is 30.6 Å². The summed E-state index contributed by atoms with van der Waals surface area (Å²) in [4.78, 5) is 14.8. The summed E-state index contributed by atoms with van der Waals surface area (Å²) in [5, 5.41) is 5.08. The minimum atomic E-state index is -0.290. The molecule has 0 aliphatic rings. The molecule has 0 fully saturated rings. The molecule has 6 heteroatoms. The summed E-state index contributed by atoms with van der Waals surface area (Å²) in [6, 6.07) is 16.0. The third-order valence-electron chi connectivity index (χ3n) is 4.73. The molecule has 2 aromatic carbocycles. The highest BCUT2D eigenvalue weighted by atomic mass is 32.1. The van der Waals surface area contributed by atoms with Crippen LogP contribution in [-0.2, 0) is 11.3 Å². The number of carbonyl (C=O) groups is 1. The van der Waals surface area contributed by atoms with Crippen LogP contribution in [0.15, 0.2) is 60.0 Å². The van der Waals surface area contributed by atoms with Gasteiger partial charge in [0.25, 0.3) is 5.91 Å². The fourth-order valence-corrected chi connectivity index (χ4v) is 4.15. The zero-order valence-electron chi connectivity index (χ0n) is 16.9. The first-order chi connectivity index (χ1) is 14.0. The number of aryl methyl sites for hydroxylation is 1. The predicted molar refractivity (Wildman–Crippen MR) is 114 cm³/mol. The van der Waals surface area contributed by atoms with Gasteiger partial charge in [-0.05, 0) is 48.2 Å². The number of nitrogens with one attached hydrogen (secondary N) is 2. The number of thiophene rings is 1. The SMILES string of the molecule is COc1ccc(C)cc1C[NH+](C)CC(=O)N[C@@H](c1ccc(F)cc1)c1cccs1. The van der Waals surface area contributed by atoms with Crippen molar-refractivity contribution in [2.24, 2.45) is 0 Å². The van der Waals surface area contributed by atoms with E-state index in [2.05, 4.69) is 11.4 Å². The van der Waals surface area contributed by atoms with Crippen molar-refractivity contribution in [2.75, 3.05) is 20.7 Å². The molecule has 0 spiro atoms. The Labute approximate surface area is 174 Å². The lowest BCUT2D eigenvalue weighted by Gasteiger charge is -2.20. The Morgan fingerprint density at radius 1 is 1.21 bits per heavy atom. The molecule has 0 saturated carbocycles. The van der Waals surface area contributed by atoms with Gasteiger partial charge in [-0.3, -0.25) is 4.79 Å². The summed E-state index contributed by atoms with van der Waals surface area (Å²) in [6.07, 6.45) is 0. The molecule has 3 aromatic rings. The molecule has 0 aliphatic heterocycles. The molecule has 1 amide bonds. The van der Waals surface area contributed by atoms with Gasteiger partial charge in [-0.2, -0.15) is 0 Å². The van der Waals surface area contributed by atoms with E-state index in [4.69, 9.17) is 4.74 Å². The summed E-state index contributed by atoms with van der Waals surface area (Å²) in [7, 11) is 3.64. The fraction of sp³-hybridized carbons (Fsp3) is 0.261. The van der Waals surface area contributed by atoms with Crippen LogP contribution in [0.25, 0.3) is 0 Å². The maximum Gasteiger partial charge on any atom is 0.275 e. The number of carbonyl (C=O) groups excluding carboxylic acids is 1. The van der Waals surface area contributed by atoms with Gasteiger partial charge in [0.15, 0.2) is 6.54 Å². The standard InChI is InChI=1S/C23H25FN2O2S/c1-16-6-11-20(28-3)18(13-16)14-26(2)15-22(27)25-23(21-5-4-12-29-21)17-7-9-19(24)10-8-17/h4-13,23H,14-15H2,1-3H3,(H,25,27)/p+1/t23-/m0/s1. The molecule has 0 aliphatic carbocycles. The topological polar surface area (TPSA) is 42.8 Å². The van der Waals surface area contributed by atoms with Crippen molar-refractivity contribution in [1.29, 1.82) is 0 Å². The number of benzene rings is 2. The number of ether oxygens (including phenoxy) is 1. The molecule has 1 heterocycles. The van der Waals surface area contributed by atoms with Crippen LogP contribution in [0.3, 0.4) is 0 Å². The molecule has 0 saturated heterocycles. The highest BCUT2D eigenvalue weighted by Crippen LogP contribution is 2.26. The average molecular weight is 414 g/mol. The highest BCUT2D eigenvalue weighted by molar-refractivity contribution is 7.10. The van der Waals surface area contributed by atoms with Crippen LogP contribution in [0.1, 0.15) is 27.6 Å². The van der Waals surface area contributed by atoms with E-state index in [0.29, 0.717) is 13.1 Å². The first kappa shape index (κ1) is 21.0. The van der Waals surface area contributed by atoms with Gasteiger partial charge in [-0.25, -0.2) is 4.39 Å². The predicted octanol–water partition coefficient (Wildman–Crippen LogP) is 3.12. The van der Waals surface area contributed by atoms with E-state index >= 15 is 0 Å². The molecule has 4 nitrogen and oxygen atoms in total. The summed E-state index contributed by atoms with van der Waals surface area (Å²) in [5.41, 5.74) is 3.10.